The summed E-state index contributed by atoms with van der Waals surface area (Å²) in [5, 5.41) is 7.00. The first-order valence-electron chi connectivity index (χ1n) is 2.21. The van der Waals surface area contributed by atoms with Gasteiger partial charge in [-0.1, -0.05) is 6.92 Å². The van der Waals surface area contributed by atoms with E-state index >= 15 is 0 Å². The lowest BCUT2D eigenvalue weighted by Gasteiger charge is -1.71. The highest BCUT2D eigenvalue weighted by molar-refractivity contribution is 5.74. The van der Waals surface area contributed by atoms with Crippen molar-refractivity contribution >= 4 is 5.78 Å². The molecule has 4 N–H and O–H groups in total. The molecule has 0 spiro atoms. The van der Waals surface area contributed by atoms with E-state index in [4.69, 9.17) is 5.11 Å². The van der Waals surface area contributed by atoms with E-state index in [1.807, 2.05) is 6.92 Å². The minimum atomic E-state index is 0. The summed E-state index contributed by atoms with van der Waals surface area (Å²) in [4.78, 5) is 9.81. The van der Waals surface area contributed by atoms with Crippen molar-refractivity contribution in [2.45, 2.75) is 20.3 Å². The summed E-state index contributed by atoms with van der Waals surface area (Å²) >= 11 is 0. The fraction of sp³-hybridized carbons (Fsp3) is 0.800. The van der Waals surface area contributed by atoms with Crippen molar-refractivity contribution in [3.63, 3.8) is 0 Å². The van der Waals surface area contributed by atoms with Crippen LogP contribution < -0.4 is 6.15 Å². The highest BCUT2D eigenvalue weighted by Gasteiger charge is 1.76. The Morgan fingerprint density at radius 2 is 1.62 bits per heavy atom. The van der Waals surface area contributed by atoms with Crippen molar-refractivity contribution in [1.29, 1.82) is 0 Å². The summed E-state index contributed by atoms with van der Waals surface area (Å²) in [6.45, 7) is 3.43. The van der Waals surface area contributed by atoms with Gasteiger partial charge in [-0.15, -0.1) is 0 Å². The van der Waals surface area contributed by atoms with Gasteiger partial charge in [-0.25, -0.2) is 0 Å². The van der Waals surface area contributed by atoms with Crippen LogP contribution in [0.5, 0.6) is 0 Å². The second-order valence-corrected chi connectivity index (χ2v) is 1.06. The molecule has 0 aliphatic rings. The standard InChI is InChI=1S/C4H8O.CH4O.H3N/c1-3-4(2)5;1-2;/h3H2,1-2H3;2H,1H3;1H3. The van der Waals surface area contributed by atoms with Crippen molar-refractivity contribution in [3.05, 3.63) is 0 Å². The van der Waals surface area contributed by atoms with E-state index in [2.05, 4.69) is 0 Å². The number of aliphatic hydroxyl groups is 1. The molecule has 52 valence electrons. The van der Waals surface area contributed by atoms with Crippen LogP contribution in [0.25, 0.3) is 0 Å². The van der Waals surface area contributed by atoms with Crippen LogP contribution >= 0.6 is 0 Å². The van der Waals surface area contributed by atoms with Crippen LogP contribution in [-0.4, -0.2) is 18.0 Å². The van der Waals surface area contributed by atoms with Gasteiger partial charge < -0.3 is 16.1 Å². The minimum absolute atomic E-state index is 0. The summed E-state index contributed by atoms with van der Waals surface area (Å²) in [5.41, 5.74) is 0. The lowest BCUT2D eigenvalue weighted by atomic mass is 10.4. The van der Waals surface area contributed by atoms with E-state index in [9.17, 15) is 4.79 Å². The summed E-state index contributed by atoms with van der Waals surface area (Å²) in [6, 6.07) is 0. The first kappa shape index (κ1) is 15.6. The molecule has 0 rings (SSSR count). The Kier molecular flexibility index (Phi) is 31.2. The number of carbonyl (C=O) groups is 1. The van der Waals surface area contributed by atoms with E-state index in [1.54, 1.807) is 6.92 Å². The van der Waals surface area contributed by atoms with Gasteiger partial charge in [-0.3, -0.25) is 0 Å². The molecule has 0 aromatic rings. The molecule has 0 saturated carbocycles. The molecular formula is C5H15NO2. The van der Waals surface area contributed by atoms with Crippen LogP contribution in [0.4, 0.5) is 0 Å². The van der Waals surface area contributed by atoms with Crippen LogP contribution in [-0.2, 0) is 4.79 Å². The van der Waals surface area contributed by atoms with Crippen LogP contribution in [0.1, 0.15) is 20.3 Å². The predicted octanol–water partition coefficient (Wildman–Crippen LogP) is 0.756. The highest BCUT2D eigenvalue weighted by atomic mass is 16.2. The third-order valence-corrected chi connectivity index (χ3v) is 0.498. The zero-order chi connectivity index (χ0) is 6.28. The van der Waals surface area contributed by atoms with Gasteiger partial charge in [-0.05, 0) is 6.92 Å². The number of Topliss-reactive ketones (excluding diaryl/α,β-unsaturated/α-hetero) is 1. The maximum atomic E-state index is 9.81. The predicted molar refractivity (Wildman–Crippen MR) is 34.1 cm³/mol. The van der Waals surface area contributed by atoms with Crippen LogP contribution in [0.2, 0.25) is 0 Å². The fourth-order valence-corrected chi connectivity index (χ4v) is 0. The zero-order valence-corrected chi connectivity index (χ0v) is 5.77. The minimum Gasteiger partial charge on any atom is -0.400 e. The van der Waals surface area contributed by atoms with Crippen LogP contribution in [0, 0.1) is 0 Å². The molecule has 3 nitrogen and oxygen atoms in total. The molecule has 0 aliphatic carbocycles. The number of hydrogen-bond acceptors (Lipinski definition) is 3. The maximum absolute atomic E-state index is 9.81. The average Bonchev–Trinajstić information content (AvgIpc) is 1.73. The molecule has 0 saturated heterocycles. The number of rotatable bonds is 1. The van der Waals surface area contributed by atoms with E-state index in [0.717, 1.165) is 7.11 Å². The smallest absolute Gasteiger partial charge is 0.129 e. The van der Waals surface area contributed by atoms with Gasteiger partial charge in [0, 0.05) is 13.5 Å². The van der Waals surface area contributed by atoms with Crippen molar-refractivity contribution in [2.75, 3.05) is 7.11 Å². The number of aliphatic hydroxyl groups excluding tert-OH is 1. The molecule has 0 aromatic heterocycles. The number of carbonyl (C=O) groups excluding carboxylic acids is 1. The summed E-state index contributed by atoms with van der Waals surface area (Å²) in [7, 11) is 1.00. The summed E-state index contributed by atoms with van der Waals surface area (Å²) < 4.78 is 0. The molecule has 0 fully saturated rings. The summed E-state index contributed by atoms with van der Waals surface area (Å²) in [5.74, 6) is 0.255. The monoisotopic (exact) mass is 121 g/mol. The van der Waals surface area contributed by atoms with Gasteiger partial charge in [-0.2, -0.15) is 0 Å². The maximum Gasteiger partial charge on any atom is 0.129 e. The second-order valence-electron chi connectivity index (χ2n) is 1.06. The first-order valence-corrected chi connectivity index (χ1v) is 2.21. The number of ketones is 1. The molecule has 0 heterocycles. The molecular weight excluding hydrogens is 106 g/mol. The first-order chi connectivity index (χ1) is 3.27. The Balaban J connectivity index is -0.0000000750. The highest BCUT2D eigenvalue weighted by Crippen LogP contribution is 1.71. The Morgan fingerprint density at radius 1 is 1.50 bits per heavy atom. The van der Waals surface area contributed by atoms with E-state index in [-0.39, 0.29) is 11.9 Å². The van der Waals surface area contributed by atoms with Crippen molar-refractivity contribution in [1.82, 2.24) is 6.15 Å². The molecule has 3 heteroatoms. The molecule has 0 aromatic carbocycles. The Labute approximate surface area is 50.3 Å². The largest absolute Gasteiger partial charge is 0.400 e. The van der Waals surface area contributed by atoms with Gasteiger partial charge in [0.05, 0.1) is 0 Å². The van der Waals surface area contributed by atoms with Crippen LogP contribution in [0.15, 0.2) is 0 Å². The van der Waals surface area contributed by atoms with Gasteiger partial charge in [0.15, 0.2) is 0 Å². The topological polar surface area (TPSA) is 72.3 Å². The zero-order valence-electron chi connectivity index (χ0n) is 5.77. The van der Waals surface area contributed by atoms with Gasteiger partial charge >= 0.3 is 0 Å². The molecule has 0 radical (unpaired) electrons. The average molecular weight is 121 g/mol. The Bertz CT molecular complexity index is 45.7. The quantitative estimate of drug-likeness (QED) is 0.537. The normalized spacial score (nSPS) is 5.50. The van der Waals surface area contributed by atoms with E-state index < -0.39 is 0 Å². The lowest BCUT2D eigenvalue weighted by molar-refractivity contribution is -0.116. The molecule has 8 heavy (non-hydrogen) atoms. The van der Waals surface area contributed by atoms with E-state index in [1.165, 1.54) is 0 Å². The molecule has 0 unspecified atom stereocenters. The lowest BCUT2D eigenvalue weighted by Crippen LogP contribution is -1.80. The summed E-state index contributed by atoms with van der Waals surface area (Å²) in [6.07, 6.45) is 0.667. The van der Waals surface area contributed by atoms with Crippen LogP contribution in [0.3, 0.4) is 0 Å². The number of hydrogen-bond donors (Lipinski definition) is 2. The SMILES string of the molecule is CCC(C)=O.CO.N. The Morgan fingerprint density at radius 3 is 1.62 bits per heavy atom. The molecule has 0 atom stereocenters. The van der Waals surface area contributed by atoms with Gasteiger partial charge in [0.1, 0.15) is 5.78 Å². The molecule has 0 aliphatic heterocycles. The third kappa shape index (κ3) is 46.6. The fourth-order valence-electron chi connectivity index (χ4n) is 0. The Hall–Kier alpha value is -0.410. The van der Waals surface area contributed by atoms with Gasteiger partial charge in [0.25, 0.3) is 0 Å². The molecule has 0 bridgehead atoms. The van der Waals surface area contributed by atoms with Crippen molar-refractivity contribution in [3.8, 4) is 0 Å². The molecule has 0 amide bonds. The van der Waals surface area contributed by atoms with Crippen molar-refractivity contribution < 1.29 is 9.90 Å². The third-order valence-electron chi connectivity index (χ3n) is 0.498. The van der Waals surface area contributed by atoms with Gasteiger partial charge in [0.2, 0.25) is 0 Å². The second kappa shape index (κ2) is 16.0. The van der Waals surface area contributed by atoms with E-state index in [0.29, 0.717) is 6.42 Å². The van der Waals surface area contributed by atoms with Crippen molar-refractivity contribution in [2.24, 2.45) is 0 Å².